The normalized spacial score (nSPS) is 8.58. The van der Waals surface area contributed by atoms with Crippen LogP contribution in [0.3, 0.4) is 0 Å². The fourth-order valence-electron chi connectivity index (χ4n) is 0.762. The lowest BCUT2D eigenvalue weighted by atomic mass is 10.3. The van der Waals surface area contributed by atoms with Crippen LogP contribution in [0.1, 0.15) is 0 Å². The van der Waals surface area contributed by atoms with E-state index in [0.29, 0.717) is 5.69 Å². The largest absolute Gasteiger partial charge is 0.293 e. The van der Waals surface area contributed by atoms with Crippen molar-refractivity contribution in [3.05, 3.63) is 34.4 Å². The molecule has 1 aromatic carbocycles. The number of rotatable bonds is 2. The summed E-state index contributed by atoms with van der Waals surface area (Å²) in [5.74, 6) is 0. The number of benzene rings is 1. The Kier molecular flexibility index (Phi) is 2.23. The highest BCUT2D eigenvalue weighted by Gasteiger charge is 2.04. The van der Waals surface area contributed by atoms with Crippen molar-refractivity contribution in [2.45, 2.75) is 0 Å². The van der Waals surface area contributed by atoms with Crippen LogP contribution in [0.4, 0.5) is 11.4 Å². The molecule has 0 aliphatic heterocycles. The first-order valence-corrected chi connectivity index (χ1v) is 3.13. The summed E-state index contributed by atoms with van der Waals surface area (Å²) in [4.78, 5) is 9.74. The van der Waals surface area contributed by atoms with Gasteiger partial charge in [-0.15, -0.1) is 0 Å². The summed E-state index contributed by atoms with van der Waals surface area (Å²) < 4.78 is 0. The van der Waals surface area contributed by atoms with E-state index < -0.39 is 4.92 Å². The molecule has 12 heavy (non-hydrogen) atoms. The van der Waals surface area contributed by atoms with Crippen LogP contribution in [0.25, 0.3) is 0 Å². The number of nitrogens with one attached hydrogen (secondary N) is 1. The molecule has 0 amide bonds. The van der Waals surface area contributed by atoms with Crippen LogP contribution in [0.15, 0.2) is 24.3 Å². The zero-order valence-corrected chi connectivity index (χ0v) is 6.02. The number of anilines is 1. The zero-order valence-electron chi connectivity index (χ0n) is 6.02. The maximum atomic E-state index is 10.3. The van der Waals surface area contributed by atoms with E-state index in [9.17, 15) is 10.1 Å². The van der Waals surface area contributed by atoms with Crippen molar-refractivity contribution in [3.8, 4) is 6.19 Å². The number of nitrogens with zero attached hydrogens (tertiary/aromatic N) is 2. The Balaban J connectivity index is 2.97. The van der Waals surface area contributed by atoms with Gasteiger partial charge in [0, 0.05) is 12.1 Å². The summed E-state index contributed by atoms with van der Waals surface area (Å²) in [7, 11) is 0. The van der Waals surface area contributed by atoms with Crippen LogP contribution in [0.2, 0.25) is 0 Å². The predicted octanol–water partition coefficient (Wildman–Crippen LogP) is 1.49. The Bertz CT molecular complexity index is 343. The van der Waals surface area contributed by atoms with Crippen molar-refractivity contribution in [1.29, 1.82) is 5.26 Å². The third kappa shape index (κ3) is 1.70. The fourth-order valence-corrected chi connectivity index (χ4v) is 0.762. The Hall–Kier alpha value is -2.09. The van der Waals surface area contributed by atoms with E-state index in [1.165, 1.54) is 18.2 Å². The molecule has 0 radical (unpaired) electrons. The Morgan fingerprint density at radius 2 is 2.33 bits per heavy atom. The van der Waals surface area contributed by atoms with Crippen LogP contribution in [-0.2, 0) is 0 Å². The van der Waals surface area contributed by atoms with E-state index in [-0.39, 0.29) is 5.69 Å². The molecule has 1 aromatic rings. The molecule has 0 unspecified atom stereocenters. The van der Waals surface area contributed by atoms with E-state index in [2.05, 4.69) is 5.32 Å². The highest BCUT2D eigenvalue weighted by Crippen LogP contribution is 2.16. The van der Waals surface area contributed by atoms with E-state index in [1.54, 1.807) is 12.3 Å². The van der Waals surface area contributed by atoms with Gasteiger partial charge in [-0.05, 0) is 6.07 Å². The molecular weight excluding hydrogens is 158 g/mol. The van der Waals surface area contributed by atoms with Crippen molar-refractivity contribution in [2.75, 3.05) is 5.32 Å². The van der Waals surface area contributed by atoms with Gasteiger partial charge in [0.25, 0.3) is 5.69 Å². The average Bonchev–Trinajstić information content (AvgIpc) is 2.05. The van der Waals surface area contributed by atoms with Gasteiger partial charge < -0.3 is 0 Å². The molecule has 1 N–H and O–H groups in total. The third-order valence-electron chi connectivity index (χ3n) is 1.26. The van der Waals surface area contributed by atoms with Crippen LogP contribution in [-0.4, -0.2) is 4.92 Å². The SMILES string of the molecule is N#CNc1cccc([N+](=O)[O-])c1. The smallest absolute Gasteiger partial charge is 0.271 e. The van der Waals surface area contributed by atoms with Gasteiger partial charge in [-0.25, -0.2) is 0 Å². The molecule has 0 heterocycles. The summed E-state index contributed by atoms with van der Waals surface area (Å²) in [6.45, 7) is 0. The molecule has 0 fully saturated rings. The minimum Gasteiger partial charge on any atom is -0.293 e. The van der Waals surface area contributed by atoms with Gasteiger partial charge in [0.05, 0.1) is 10.6 Å². The number of hydrogen-bond donors (Lipinski definition) is 1. The summed E-state index contributed by atoms with van der Waals surface area (Å²) >= 11 is 0. The molecule has 5 nitrogen and oxygen atoms in total. The van der Waals surface area contributed by atoms with Gasteiger partial charge in [-0.2, -0.15) is 5.26 Å². The fraction of sp³-hybridized carbons (Fsp3) is 0. The van der Waals surface area contributed by atoms with Gasteiger partial charge in [0.1, 0.15) is 0 Å². The van der Waals surface area contributed by atoms with Crippen molar-refractivity contribution in [1.82, 2.24) is 0 Å². The number of nitro groups is 1. The second-order valence-electron chi connectivity index (χ2n) is 2.04. The van der Waals surface area contributed by atoms with E-state index in [0.717, 1.165) is 0 Å². The number of hydrogen-bond acceptors (Lipinski definition) is 4. The summed E-state index contributed by atoms with van der Waals surface area (Å²) in [6.07, 6.45) is 1.68. The molecule has 0 bridgehead atoms. The second-order valence-corrected chi connectivity index (χ2v) is 2.04. The van der Waals surface area contributed by atoms with Crippen molar-refractivity contribution < 1.29 is 4.92 Å². The minimum atomic E-state index is -0.511. The van der Waals surface area contributed by atoms with Gasteiger partial charge >= 0.3 is 0 Å². The molecule has 0 spiro atoms. The number of nitriles is 1. The lowest BCUT2D eigenvalue weighted by Crippen LogP contribution is -1.90. The van der Waals surface area contributed by atoms with Gasteiger partial charge in [0.15, 0.2) is 6.19 Å². The van der Waals surface area contributed by atoms with Crippen molar-refractivity contribution in [3.63, 3.8) is 0 Å². The van der Waals surface area contributed by atoms with Gasteiger partial charge in [-0.1, -0.05) is 6.07 Å². The Morgan fingerprint density at radius 1 is 1.58 bits per heavy atom. The first-order valence-electron chi connectivity index (χ1n) is 3.13. The van der Waals surface area contributed by atoms with Crippen LogP contribution >= 0.6 is 0 Å². The predicted molar refractivity (Wildman–Crippen MR) is 42.3 cm³/mol. The minimum absolute atomic E-state index is 0.0322. The molecule has 60 valence electrons. The zero-order chi connectivity index (χ0) is 8.97. The maximum Gasteiger partial charge on any atom is 0.271 e. The maximum absolute atomic E-state index is 10.3. The summed E-state index contributed by atoms with van der Waals surface area (Å²) in [5, 5.41) is 20.8. The molecule has 0 saturated carbocycles. The lowest BCUT2D eigenvalue weighted by Gasteiger charge is -1.95. The van der Waals surface area contributed by atoms with Crippen LogP contribution < -0.4 is 5.32 Å². The third-order valence-corrected chi connectivity index (χ3v) is 1.26. The van der Waals surface area contributed by atoms with Crippen molar-refractivity contribution >= 4 is 11.4 Å². The molecule has 0 aliphatic rings. The molecule has 5 heteroatoms. The van der Waals surface area contributed by atoms with E-state index in [1.807, 2.05) is 0 Å². The molecular formula is C7H5N3O2. The van der Waals surface area contributed by atoms with Crippen molar-refractivity contribution in [2.24, 2.45) is 0 Å². The standard InChI is InChI=1S/C7H5N3O2/c8-5-9-6-2-1-3-7(4-6)10(11)12/h1-4,9H. The van der Waals surface area contributed by atoms with E-state index >= 15 is 0 Å². The van der Waals surface area contributed by atoms with E-state index in [4.69, 9.17) is 5.26 Å². The molecule has 0 saturated heterocycles. The Labute approximate surface area is 68.4 Å². The topological polar surface area (TPSA) is 79.0 Å². The van der Waals surface area contributed by atoms with Gasteiger partial charge in [-0.3, -0.25) is 15.4 Å². The molecule has 0 aromatic heterocycles. The summed E-state index contributed by atoms with van der Waals surface area (Å²) in [5.41, 5.74) is 0.391. The highest BCUT2D eigenvalue weighted by molar-refractivity contribution is 5.52. The number of nitro benzene ring substituents is 1. The monoisotopic (exact) mass is 163 g/mol. The lowest BCUT2D eigenvalue weighted by molar-refractivity contribution is -0.384. The molecule has 0 aliphatic carbocycles. The summed E-state index contributed by atoms with van der Waals surface area (Å²) in [6, 6.07) is 5.75. The number of non-ortho nitro benzene ring substituents is 1. The van der Waals surface area contributed by atoms with Crippen LogP contribution in [0, 0.1) is 21.6 Å². The average molecular weight is 163 g/mol. The highest BCUT2D eigenvalue weighted by atomic mass is 16.6. The Morgan fingerprint density at radius 3 is 2.92 bits per heavy atom. The first-order chi connectivity index (χ1) is 5.74. The first kappa shape index (κ1) is 8.01. The molecule has 1 rings (SSSR count). The quantitative estimate of drug-likeness (QED) is 0.310. The van der Waals surface area contributed by atoms with Crippen LogP contribution in [0.5, 0.6) is 0 Å². The second kappa shape index (κ2) is 3.34. The molecule has 0 atom stereocenters. The van der Waals surface area contributed by atoms with Gasteiger partial charge in [0.2, 0.25) is 0 Å².